The summed E-state index contributed by atoms with van der Waals surface area (Å²) in [6.45, 7) is 0. The SMILES string of the molecule is Oc1ccc(-c2nnc(-c3ccc(-c4nnc(-c5ccc(O)cc5)o4)cc3)o2)cc1. The highest BCUT2D eigenvalue weighted by molar-refractivity contribution is 5.64. The van der Waals surface area contributed by atoms with Crippen molar-refractivity contribution in [1.82, 2.24) is 20.4 Å². The van der Waals surface area contributed by atoms with E-state index in [1.165, 1.54) is 0 Å². The van der Waals surface area contributed by atoms with Crippen molar-refractivity contribution in [2.24, 2.45) is 0 Å². The summed E-state index contributed by atoms with van der Waals surface area (Å²) in [4.78, 5) is 0. The molecule has 0 unspecified atom stereocenters. The van der Waals surface area contributed by atoms with Gasteiger partial charge in [-0.1, -0.05) is 0 Å². The number of phenols is 2. The summed E-state index contributed by atoms with van der Waals surface area (Å²) in [5.41, 5.74) is 2.93. The zero-order valence-corrected chi connectivity index (χ0v) is 15.4. The van der Waals surface area contributed by atoms with E-state index in [9.17, 15) is 10.2 Å². The van der Waals surface area contributed by atoms with Gasteiger partial charge in [0.15, 0.2) is 0 Å². The van der Waals surface area contributed by atoms with Gasteiger partial charge in [-0.2, -0.15) is 0 Å². The first-order valence-electron chi connectivity index (χ1n) is 9.02. The summed E-state index contributed by atoms with van der Waals surface area (Å²) >= 11 is 0. The molecule has 0 aliphatic rings. The quantitative estimate of drug-likeness (QED) is 0.453. The van der Waals surface area contributed by atoms with Crippen LogP contribution in [0.25, 0.3) is 45.8 Å². The van der Waals surface area contributed by atoms with E-state index in [4.69, 9.17) is 8.83 Å². The lowest BCUT2D eigenvalue weighted by Crippen LogP contribution is -1.81. The van der Waals surface area contributed by atoms with Crippen LogP contribution in [0.15, 0.2) is 81.6 Å². The third kappa shape index (κ3) is 3.37. The van der Waals surface area contributed by atoms with Gasteiger partial charge >= 0.3 is 0 Å². The normalized spacial score (nSPS) is 10.9. The number of aromatic hydroxyl groups is 2. The second kappa shape index (κ2) is 7.17. The largest absolute Gasteiger partial charge is 0.508 e. The standard InChI is InChI=1S/C22H14N4O4/c27-17-9-5-15(6-10-17)21-25-23-19(29-21)13-1-2-14(4-3-13)20-24-26-22(30-20)16-7-11-18(28)12-8-16/h1-12,27-28H. The number of nitrogens with zero attached hydrogens (tertiary/aromatic N) is 4. The summed E-state index contributed by atoms with van der Waals surface area (Å²) in [7, 11) is 0. The van der Waals surface area contributed by atoms with Crippen molar-refractivity contribution in [3.63, 3.8) is 0 Å². The highest BCUT2D eigenvalue weighted by atomic mass is 16.4. The molecule has 0 radical (unpaired) electrons. The Morgan fingerprint density at radius 1 is 0.400 bits per heavy atom. The van der Waals surface area contributed by atoms with E-state index in [2.05, 4.69) is 20.4 Å². The molecule has 0 saturated heterocycles. The van der Waals surface area contributed by atoms with Crippen LogP contribution in [0, 0.1) is 0 Å². The summed E-state index contributed by atoms with van der Waals surface area (Å²) in [5, 5.41) is 35.1. The van der Waals surface area contributed by atoms with Crippen molar-refractivity contribution in [2.45, 2.75) is 0 Å². The molecule has 2 heterocycles. The van der Waals surface area contributed by atoms with Crippen LogP contribution in [0.2, 0.25) is 0 Å². The molecule has 5 rings (SSSR count). The van der Waals surface area contributed by atoms with E-state index in [-0.39, 0.29) is 11.5 Å². The Labute approximate surface area is 170 Å². The van der Waals surface area contributed by atoms with Crippen LogP contribution in [0.4, 0.5) is 0 Å². The van der Waals surface area contributed by atoms with Crippen LogP contribution in [0.3, 0.4) is 0 Å². The Bertz CT molecular complexity index is 1190. The Hall–Kier alpha value is -4.46. The molecule has 0 aliphatic carbocycles. The molecule has 8 heteroatoms. The molecule has 0 bridgehead atoms. The summed E-state index contributed by atoms with van der Waals surface area (Å²) in [6.07, 6.45) is 0. The van der Waals surface area contributed by atoms with Crippen molar-refractivity contribution >= 4 is 0 Å². The first-order valence-corrected chi connectivity index (χ1v) is 9.02. The molecule has 0 spiro atoms. The summed E-state index contributed by atoms with van der Waals surface area (Å²) < 4.78 is 11.5. The van der Waals surface area contributed by atoms with Crippen molar-refractivity contribution in [3.05, 3.63) is 72.8 Å². The van der Waals surface area contributed by atoms with Crippen LogP contribution in [-0.2, 0) is 0 Å². The number of hydrogen-bond donors (Lipinski definition) is 2. The monoisotopic (exact) mass is 398 g/mol. The number of phenolic OH excluding ortho intramolecular Hbond substituents is 2. The average Bonchev–Trinajstić information content (AvgIpc) is 3.45. The number of rotatable bonds is 4. The van der Waals surface area contributed by atoms with Gasteiger partial charge < -0.3 is 19.0 Å². The molecule has 30 heavy (non-hydrogen) atoms. The molecule has 5 aromatic rings. The van der Waals surface area contributed by atoms with Crippen molar-refractivity contribution in [3.8, 4) is 57.3 Å². The second-order valence-electron chi connectivity index (χ2n) is 6.50. The van der Waals surface area contributed by atoms with E-state index in [0.717, 1.165) is 22.3 Å². The average molecular weight is 398 g/mol. The maximum atomic E-state index is 9.39. The van der Waals surface area contributed by atoms with Gasteiger partial charge in [0, 0.05) is 22.3 Å². The van der Waals surface area contributed by atoms with Crippen LogP contribution >= 0.6 is 0 Å². The predicted molar refractivity (Wildman–Crippen MR) is 107 cm³/mol. The maximum absolute atomic E-state index is 9.39. The van der Waals surface area contributed by atoms with E-state index < -0.39 is 0 Å². The lowest BCUT2D eigenvalue weighted by Gasteiger charge is -1.98. The Kier molecular flexibility index (Phi) is 4.21. The molecular formula is C22H14N4O4. The number of hydrogen-bond acceptors (Lipinski definition) is 8. The zero-order valence-electron chi connectivity index (χ0n) is 15.4. The Balaban J connectivity index is 1.37. The smallest absolute Gasteiger partial charge is 0.248 e. The van der Waals surface area contributed by atoms with Crippen LogP contribution < -0.4 is 0 Å². The molecule has 0 fully saturated rings. The van der Waals surface area contributed by atoms with Gasteiger partial charge in [-0.3, -0.25) is 0 Å². The van der Waals surface area contributed by atoms with Crippen molar-refractivity contribution in [2.75, 3.05) is 0 Å². The molecule has 0 atom stereocenters. The first-order chi connectivity index (χ1) is 14.7. The van der Waals surface area contributed by atoms with Gasteiger partial charge in [-0.15, -0.1) is 20.4 Å². The Morgan fingerprint density at radius 2 is 0.633 bits per heavy atom. The van der Waals surface area contributed by atoms with Gasteiger partial charge in [0.05, 0.1) is 0 Å². The minimum atomic E-state index is 0.170. The van der Waals surface area contributed by atoms with Crippen LogP contribution in [0.5, 0.6) is 11.5 Å². The minimum Gasteiger partial charge on any atom is -0.508 e. The van der Waals surface area contributed by atoms with E-state index in [1.807, 2.05) is 24.3 Å². The molecule has 2 aromatic heterocycles. The lowest BCUT2D eigenvalue weighted by molar-refractivity contribution is 0.474. The Morgan fingerprint density at radius 3 is 0.900 bits per heavy atom. The fourth-order valence-electron chi connectivity index (χ4n) is 2.88. The minimum absolute atomic E-state index is 0.170. The van der Waals surface area contributed by atoms with Gasteiger partial charge in [0.1, 0.15) is 11.5 Å². The summed E-state index contributed by atoms with van der Waals surface area (Å²) in [6, 6.07) is 20.4. The lowest BCUT2D eigenvalue weighted by atomic mass is 10.1. The van der Waals surface area contributed by atoms with Crippen LogP contribution in [-0.4, -0.2) is 30.6 Å². The van der Waals surface area contributed by atoms with E-state index in [1.54, 1.807) is 48.5 Å². The highest BCUT2D eigenvalue weighted by Crippen LogP contribution is 2.28. The molecule has 0 saturated carbocycles. The maximum Gasteiger partial charge on any atom is 0.248 e. The zero-order chi connectivity index (χ0) is 20.5. The number of aromatic nitrogens is 4. The van der Waals surface area contributed by atoms with Gasteiger partial charge in [0.2, 0.25) is 23.6 Å². The fraction of sp³-hybridized carbons (Fsp3) is 0. The summed E-state index contributed by atoms with van der Waals surface area (Å²) in [5.74, 6) is 1.82. The molecule has 2 N–H and O–H groups in total. The van der Waals surface area contributed by atoms with Gasteiger partial charge in [-0.25, -0.2) is 0 Å². The van der Waals surface area contributed by atoms with Gasteiger partial charge in [0.25, 0.3) is 0 Å². The number of benzene rings is 3. The molecule has 3 aromatic carbocycles. The molecule has 0 amide bonds. The molecule has 8 nitrogen and oxygen atoms in total. The predicted octanol–water partition coefficient (Wildman–Crippen LogP) is 4.53. The first kappa shape index (κ1) is 17.6. The molecular weight excluding hydrogens is 384 g/mol. The molecule has 146 valence electrons. The van der Waals surface area contributed by atoms with Crippen LogP contribution in [0.1, 0.15) is 0 Å². The topological polar surface area (TPSA) is 118 Å². The fourth-order valence-corrected chi connectivity index (χ4v) is 2.88. The second-order valence-corrected chi connectivity index (χ2v) is 6.50. The van der Waals surface area contributed by atoms with Gasteiger partial charge in [-0.05, 0) is 72.8 Å². The van der Waals surface area contributed by atoms with Crippen molar-refractivity contribution in [1.29, 1.82) is 0 Å². The van der Waals surface area contributed by atoms with E-state index >= 15 is 0 Å². The van der Waals surface area contributed by atoms with E-state index in [0.29, 0.717) is 23.6 Å². The third-order valence-corrected chi connectivity index (χ3v) is 4.46. The third-order valence-electron chi connectivity index (χ3n) is 4.46. The highest BCUT2D eigenvalue weighted by Gasteiger charge is 2.13. The molecule has 0 aliphatic heterocycles. The van der Waals surface area contributed by atoms with Crippen molar-refractivity contribution < 1.29 is 19.0 Å².